The number of nitrogens with two attached hydrogens (primary N) is 1. The van der Waals surface area contributed by atoms with Gasteiger partial charge in [0, 0.05) is 45.0 Å². The van der Waals surface area contributed by atoms with Crippen LogP contribution in [-0.4, -0.2) is 68.0 Å². The quantitative estimate of drug-likeness (QED) is 0.634. The van der Waals surface area contributed by atoms with E-state index in [1.54, 1.807) is 0 Å². The van der Waals surface area contributed by atoms with Crippen molar-refractivity contribution >= 4 is 6.21 Å². The fourth-order valence-corrected chi connectivity index (χ4v) is 2.36. The lowest BCUT2D eigenvalue weighted by Gasteiger charge is -2.43. The summed E-state index contributed by atoms with van der Waals surface area (Å²) in [6.45, 7) is 6.72. The van der Waals surface area contributed by atoms with Gasteiger partial charge in [0.1, 0.15) is 0 Å². The van der Waals surface area contributed by atoms with Gasteiger partial charge >= 0.3 is 0 Å². The van der Waals surface area contributed by atoms with Gasteiger partial charge in [-0.3, -0.25) is 9.80 Å². The molecule has 16 heavy (non-hydrogen) atoms. The number of morpholine rings is 1. The minimum absolute atomic E-state index is 0.521. The lowest BCUT2D eigenvalue weighted by molar-refractivity contribution is -0.0426. The first-order chi connectivity index (χ1) is 7.83. The zero-order chi connectivity index (χ0) is 11.4. The summed E-state index contributed by atoms with van der Waals surface area (Å²) in [6, 6.07) is 0.521. The highest BCUT2D eigenvalue weighted by Gasteiger charge is 2.29. The Hall–Kier alpha value is -0.910. The number of fused-ring (bicyclic) bond motifs is 1. The summed E-state index contributed by atoms with van der Waals surface area (Å²) < 4.78 is 5.49. The van der Waals surface area contributed by atoms with Crippen LogP contribution < -0.4 is 5.73 Å². The Morgan fingerprint density at radius 1 is 1.44 bits per heavy atom. The SMILES string of the molecule is N=C/C(=C\N)CN1CCN2CCOCC2C1. The molecule has 0 amide bonds. The maximum absolute atomic E-state index is 7.23. The number of rotatable bonds is 3. The van der Waals surface area contributed by atoms with Gasteiger partial charge in [-0.05, 0) is 11.8 Å². The van der Waals surface area contributed by atoms with Crippen LogP contribution in [0, 0.1) is 5.41 Å². The predicted octanol–water partition coefficient (Wildman–Crippen LogP) is -0.505. The molecule has 2 fully saturated rings. The molecule has 0 aromatic carbocycles. The summed E-state index contributed by atoms with van der Waals surface area (Å²) >= 11 is 0. The molecule has 5 heteroatoms. The second-order valence-electron chi connectivity index (χ2n) is 4.39. The van der Waals surface area contributed by atoms with Gasteiger partial charge in [-0.25, -0.2) is 0 Å². The third kappa shape index (κ3) is 2.61. The zero-order valence-electron chi connectivity index (χ0n) is 9.56. The van der Waals surface area contributed by atoms with Crippen LogP contribution in [0.15, 0.2) is 11.8 Å². The normalized spacial score (nSPS) is 28.8. The van der Waals surface area contributed by atoms with Crippen molar-refractivity contribution in [1.29, 1.82) is 5.41 Å². The molecule has 2 aliphatic heterocycles. The van der Waals surface area contributed by atoms with Crippen molar-refractivity contribution in [3.8, 4) is 0 Å². The molecular formula is C11H20N4O. The topological polar surface area (TPSA) is 65.6 Å². The molecule has 0 spiro atoms. The predicted molar refractivity (Wildman–Crippen MR) is 63.7 cm³/mol. The third-order valence-corrected chi connectivity index (χ3v) is 3.33. The summed E-state index contributed by atoms with van der Waals surface area (Å²) in [5.74, 6) is 0. The van der Waals surface area contributed by atoms with E-state index >= 15 is 0 Å². The Kier molecular flexibility index (Phi) is 3.93. The third-order valence-electron chi connectivity index (χ3n) is 3.33. The highest BCUT2D eigenvalue weighted by molar-refractivity contribution is 5.75. The highest BCUT2D eigenvalue weighted by atomic mass is 16.5. The first-order valence-corrected chi connectivity index (χ1v) is 5.79. The summed E-state index contributed by atoms with van der Waals surface area (Å²) in [5.41, 5.74) is 6.34. The maximum atomic E-state index is 7.23. The molecule has 0 aliphatic carbocycles. The summed E-state index contributed by atoms with van der Waals surface area (Å²) in [5, 5.41) is 7.23. The van der Waals surface area contributed by atoms with E-state index in [1.165, 1.54) is 12.4 Å². The van der Waals surface area contributed by atoms with Crippen LogP contribution in [0.5, 0.6) is 0 Å². The van der Waals surface area contributed by atoms with E-state index in [2.05, 4.69) is 9.80 Å². The first-order valence-electron chi connectivity index (χ1n) is 5.79. The lowest BCUT2D eigenvalue weighted by atomic mass is 10.1. The zero-order valence-corrected chi connectivity index (χ0v) is 9.56. The monoisotopic (exact) mass is 224 g/mol. The second-order valence-corrected chi connectivity index (χ2v) is 4.39. The number of piperazine rings is 1. The van der Waals surface area contributed by atoms with Crippen molar-refractivity contribution in [2.45, 2.75) is 6.04 Å². The molecule has 2 rings (SSSR count). The van der Waals surface area contributed by atoms with Crippen molar-refractivity contribution < 1.29 is 4.74 Å². The van der Waals surface area contributed by atoms with Crippen LogP contribution in [-0.2, 0) is 4.74 Å². The van der Waals surface area contributed by atoms with Crippen LogP contribution in [0.1, 0.15) is 0 Å². The fourth-order valence-electron chi connectivity index (χ4n) is 2.36. The molecule has 2 aliphatic rings. The van der Waals surface area contributed by atoms with Crippen LogP contribution in [0.3, 0.4) is 0 Å². The Labute approximate surface area is 96.3 Å². The molecule has 3 N–H and O–H groups in total. The molecule has 0 aromatic rings. The Bertz CT molecular complexity index is 279. The van der Waals surface area contributed by atoms with Crippen LogP contribution >= 0.6 is 0 Å². The number of hydrogen-bond acceptors (Lipinski definition) is 5. The van der Waals surface area contributed by atoms with Crippen LogP contribution in [0.2, 0.25) is 0 Å². The summed E-state index contributed by atoms with van der Waals surface area (Å²) in [6.07, 6.45) is 2.86. The molecule has 0 aromatic heterocycles. The van der Waals surface area contributed by atoms with Crippen molar-refractivity contribution in [2.75, 3.05) is 45.9 Å². The van der Waals surface area contributed by atoms with E-state index in [0.29, 0.717) is 6.04 Å². The molecule has 1 unspecified atom stereocenters. The van der Waals surface area contributed by atoms with E-state index in [1.807, 2.05) is 0 Å². The van der Waals surface area contributed by atoms with Gasteiger partial charge in [-0.2, -0.15) is 0 Å². The molecule has 0 saturated carbocycles. The average Bonchev–Trinajstić information content (AvgIpc) is 2.35. The standard InChI is InChI=1S/C11H20N4O/c12-5-10(6-13)7-14-1-2-15-3-4-16-9-11(15)8-14/h5-6,11-12H,1-4,7-9,13H2/b10-6+,12-5?. The van der Waals surface area contributed by atoms with E-state index in [9.17, 15) is 0 Å². The van der Waals surface area contributed by atoms with Gasteiger partial charge in [0.25, 0.3) is 0 Å². The summed E-state index contributed by atoms with van der Waals surface area (Å²) in [4.78, 5) is 4.84. The summed E-state index contributed by atoms with van der Waals surface area (Å²) in [7, 11) is 0. The highest BCUT2D eigenvalue weighted by Crippen LogP contribution is 2.14. The molecule has 1 atom stereocenters. The van der Waals surface area contributed by atoms with Crippen LogP contribution in [0.4, 0.5) is 0 Å². The van der Waals surface area contributed by atoms with Gasteiger partial charge < -0.3 is 15.9 Å². The minimum Gasteiger partial charge on any atom is -0.404 e. The maximum Gasteiger partial charge on any atom is 0.0634 e. The van der Waals surface area contributed by atoms with E-state index < -0.39 is 0 Å². The molecule has 5 nitrogen and oxygen atoms in total. The van der Waals surface area contributed by atoms with E-state index in [0.717, 1.165) is 51.5 Å². The Morgan fingerprint density at radius 2 is 2.31 bits per heavy atom. The van der Waals surface area contributed by atoms with Gasteiger partial charge in [0.05, 0.1) is 13.2 Å². The van der Waals surface area contributed by atoms with E-state index in [-0.39, 0.29) is 0 Å². The lowest BCUT2D eigenvalue weighted by Crippen LogP contribution is -2.58. The first kappa shape index (κ1) is 11.6. The van der Waals surface area contributed by atoms with Gasteiger partial charge in [-0.15, -0.1) is 0 Å². The molecule has 2 saturated heterocycles. The Balaban J connectivity index is 1.87. The largest absolute Gasteiger partial charge is 0.404 e. The smallest absolute Gasteiger partial charge is 0.0634 e. The van der Waals surface area contributed by atoms with Crippen molar-refractivity contribution in [3.05, 3.63) is 11.8 Å². The number of nitrogens with one attached hydrogen (secondary N) is 1. The van der Waals surface area contributed by atoms with Crippen LogP contribution in [0.25, 0.3) is 0 Å². The van der Waals surface area contributed by atoms with Crippen molar-refractivity contribution in [1.82, 2.24) is 9.80 Å². The molecule has 90 valence electrons. The van der Waals surface area contributed by atoms with Gasteiger partial charge in [0.15, 0.2) is 0 Å². The van der Waals surface area contributed by atoms with Crippen molar-refractivity contribution in [3.63, 3.8) is 0 Å². The van der Waals surface area contributed by atoms with E-state index in [4.69, 9.17) is 15.9 Å². The minimum atomic E-state index is 0.521. The molecule has 0 radical (unpaired) electrons. The average molecular weight is 224 g/mol. The molecule has 2 heterocycles. The number of ether oxygens (including phenoxy) is 1. The number of hydrogen-bond donors (Lipinski definition) is 2. The fraction of sp³-hybridized carbons (Fsp3) is 0.727. The molecule has 0 bridgehead atoms. The Morgan fingerprint density at radius 3 is 3.06 bits per heavy atom. The number of nitrogens with zero attached hydrogens (tertiary/aromatic N) is 2. The van der Waals surface area contributed by atoms with Gasteiger partial charge in [0.2, 0.25) is 0 Å². The second kappa shape index (κ2) is 5.43. The van der Waals surface area contributed by atoms with Gasteiger partial charge in [-0.1, -0.05) is 0 Å². The van der Waals surface area contributed by atoms with Crippen molar-refractivity contribution in [2.24, 2.45) is 5.73 Å². The molecular weight excluding hydrogens is 204 g/mol.